The van der Waals surface area contributed by atoms with Gasteiger partial charge in [0, 0.05) is 30.4 Å². The van der Waals surface area contributed by atoms with E-state index in [1.807, 2.05) is 67.5 Å². The zero-order valence-electron chi connectivity index (χ0n) is 21.3. The number of fused-ring (bicyclic) bond motifs is 1. The smallest absolute Gasteiger partial charge is 0.338 e. The summed E-state index contributed by atoms with van der Waals surface area (Å²) in [6, 6.07) is 20.3. The Morgan fingerprint density at radius 3 is 2.38 bits per heavy atom. The van der Waals surface area contributed by atoms with E-state index in [-0.39, 0.29) is 18.4 Å². The third kappa shape index (κ3) is 5.87. The average Bonchev–Trinajstić information content (AvgIpc) is 3.18. The molecule has 0 saturated heterocycles. The third-order valence-corrected chi connectivity index (χ3v) is 5.76. The molecule has 0 fully saturated rings. The number of carbonyl (C=O) groups is 3. The van der Waals surface area contributed by atoms with Gasteiger partial charge in [-0.2, -0.15) is 0 Å². The third-order valence-electron chi connectivity index (χ3n) is 5.76. The van der Waals surface area contributed by atoms with Crippen LogP contribution in [0.2, 0.25) is 0 Å². The summed E-state index contributed by atoms with van der Waals surface area (Å²) < 4.78 is 5.10. The van der Waals surface area contributed by atoms with Crippen molar-refractivity contribution in [3.63, 3.8) is 0 Å². The first kappa shape index (κ1) is 25.7. The van der Waals surface area contributed by atoms with Crippen LogP contribution in [-0.4, -0.2) is 43.4 Å². The summed E-state index contributed by atoms with van der Waals surface area (Å²) in [5, 5.41) is 9.21. The lowest BCUT2D eigenvalue weighted by Crippen LogP contribution is -2.15. The summed E-state index contributed by atoms with van der Waals surface area (Å²) in [6.07, 6.45) is 0. The minimum atomic E-state index is -0.443. The Morgan fingerprint density at radius 1 is 0.946 bits per heavy atom. The number of rotatable bonds is 8. The van der Waals surface area contributed by atoms with Crippen molar-refractivity contribution in [3.8, 4) is 0 Å². The predicted molar refractivity (Wildman–Crippen MR) is 146 cm³/mol. The van der Waals surface area contributed by atoms with Crippen molar-refractivity contribution >= 4 is 46.1 Å². The van der Waals surface area contributed by atoms with Crippen molar-refractivity contribution in [3.05, 3.63) is 89.0 Å². The molecule has 1 aliphatic rings. The first-order chi connectivity index (χ1) is 17.8. The van der Waals surface area contributed by atoms with E-state index in [1.165, 1.54) is 6.92 Å². The highest BCUT2D eigenvalue weighted by atomic mass is 16.5. The maximum absolute atomic E-state index is 13.2. The Hall–Kier alpha value is -4.43. The van der Waals surface area contributed by atoms with Gasteiger partial charge in [0.15, 0.2) is 0 Å². The number of anilines is 3. The molecule has 0 spiro atoms. The second-order valence-electron chi connectivity index (χ2n) is 8.97. The van der Waals surface area contributed by atoms with Crippen LogP contribution >= 0.6 is 0 Å². The number of carbonyl (C=O) groups excluding carboxylic acids is 3. The van der Waals surface area contributed by atoms with Crippen molar-refractivity contribution in [2.75, 3.05) is 36.7 Å². The summed E-state index contributed by atoms with van der Waals surface area (Å²) in [5.41, 5.74) is 5.83. The number of hydrogen-bond donors (Lipinski definition) is 3. The molecule has 8 heteroatoms. The fraction of sp³-hybridized carbons (Fsp3) is 0.207. The molecule has 0 radical (unpaired) electrons. The fourth-order valence-corrected chi connectivity index (χ4v) is 4.23. The van der Waals surface area contributed by atoms with Gasteiger partial charge in [0.25, 0.3) is 5.91 Å². The fourth-order valence-electron chi connectivity index (χ4n) is 4.23. The molecule has 0 atom stereocenters. The molecule has 37 heavy (non-hydrogen) atoms. The van der Waals surface area contributed by atoms with Crippen molar-refractivity contribution in [1.82, 2.24) is 4.90 Å². The Kier molecular flexibility index (Phi) is 7.69. The standard InChI is InChI=1S/C29H30N4O4/c1-5-37-29(36)20-12-14-23-25(15-20)32-28(35)26(23)27(19-9-7-6-8-10-19)31-22-13-11-21(17-33(3)4)24(16-22)30-18(2)34/h6-16,31H,5,17H2,1-4H3,(H,30,34)(H,32,35)/b27-26-. The molecule has 1 aliphatic heterocycles. The first-order valence-electron chi connectivity index (χ1n) is 12.0. The Balaban J connectivity index is 1.81. The molecule has 190 valence electrons. The van der Waals surface area contributed by atoms with Gasteiger partial charge in [0.2, 0.25) is 5.91 Å². The molecule has 3 N–H and O–H groups in total. The lowest BCUT2D eigenvalue weighted by molar-refractivity contribution is -0.114. The van der Waals surface area contributed by atoms with Crippen molar-refractivity contribution < 1.29 is 19.1 Å². The van der Waals surface area contributed by atoms with Crippen LogP contribution in [0.1, 0.15) is 40.9 Å². The van der Waals surface area contributed by atoms with E-state index in [1.54, 1.807) is 25.1 Å². The van der Waals surface area contributed by atoms with Crippen LogP contribution in [0.4, 0.5) is 17.1 Å². The van der Waals surface area contributed by atoms with E-state index in [9.17, 15) is 14.4 Å². The van der Waals surface area contributed by atoms with E-state index in [2.05, 4.69) is 16.0 Å². The van der Waals surface area contributed by atoms with Gasteiger partial charge in [-0.3, -0.25) is 9.59 Å². The van der Waals surface area contributed by atoms with Crippen LogP contribution < -0.4 is 16.0 Å². The number of esters is 1. The second kappa shape index (κ2) is 11.1. The molecule has 0 unspecified atom stereocenters. The lowest BCUT2D eigenvalue weighted by Gasteiger charge is -2.18. The summed E-state index contributed by atoms with van der Waals surface area (Å²) in [6.45, 7) is 4.14. The number of hydrogen-bond acceptors (Lipinski definition) is 6. The highest BCUT2D eigenvalue weighted by Gasteiger charge is 2.29. The summed E-state index contributed by atoms with van der Waals surface area (Å²) >= 11 is 0. The average molecular weight is 499 g/mol. The maximum Gasteiger partial charge on any atom is 0.338 e. The van der Waals surface area contributed by atoms with Gasteiger partial charge in [0.1, 0.15) is 0 Å². The van der Waals surface area contributed by atoms with E-state index >= 15 is 0 Å². The van der Waals surface area contributed by atoms with Crippen LogP contribution in [0.15, 0.2) is 66.7 Å². The molecule has 1 heterocycles. The van der Waals surface area contributed by atoms with Crippen molar-refractivity contribution in [2.45, 2.75) is 20.4 Å². The minimum Gasteiger partial charge on any atom is -0.462 e. The molecule has 0 aliphatic carbocycles. The van der Waals surface area contributed by atoms with E-state index in [4.69, 9.17) is 4.74 Å². The van der Waals surface area contributed by atoms with Crippen molar-refractivity contribution in [2.24, 2.45) is 0 Å². The van der Waals surface area contributed by atoms with Gasteiger partial charge in [-0.1, -0.05) is 42.5 Å². The summed E-state index contributed by atoms with van der Waals surface area (Å²) in [5.74, 6) is -0.893. The largest absolute Gasteiger partial charge is 0.462 e. The molecule has 0 bridgehead atoms. The lowest BCUT2D eigenvalue weighted by atomic mass is 9.99. The van der Waals surface area contributed by atoms with E-state index in [0.717, 1.165) is 11.1 Å². The topological polar surface area (TPSA) is 99.8 Å². The normalized spacial score (nSPS) is 13.6. The van der Waals surface area contributed by atoms with Gasteiger partial charge in [0.05, 0.1) is 29.1 Å². The molecular weight excluding hydrogens is 468 g/mol. The Morgan fingerprint density at radius 2 is 1.70 bits per heavy atom. The SMILES string of the molecule is CCOC(=O)c1ccc2c(c1)NC(=O)/C2=C(\Nc1ccc(CN(C)C)c(NC(C)=O)c1)c1ccccc1. The maximum atomic E-state index is 13.2. The van der Waals surface area contributed by atoms with Gasteiger partial charge < -0.3 is 25.6 Å². The molecule has 4 rings (SSSR count). The van der Waals surface area contributed by atoms with Gasteiger partial charge >= 0.3 is 5.97 Å². The minimum absolute atomic E-state index is 0.166. The monoisotopic (exact) mass is 498 g/mol. The molecule has 0 aromatic heterocycles. The van der Waals surface area contributed by atoms with Crippen LogP contribution in [0.5, 0.6) is 0 Å². The highest BCUT2D eigenvalue weighted by Crippen LogP contribution is 2.38. The van der Waals surface area contributed by atoms with Crippen LogP contribution in [0.3, 0.4) is 0 Å². The molecule has 3 aromatic carbocycles. The van der Waals surface area contributed by atoms with Crippen LogP contribution in [0, 0.1) is 0 Å². The summed E-state index contributed by atoms with van der Waals surface area (Å²) in [4.78, 5) is 39.4. The molecule has 0 saturated carbocycles. The molecule has 8 nitrogen and oxygen atoms in total. The zero-order valence-corrected chi connectivity index (χ0v) is 21.3. The van der Waals surface area contributed by atoms with Crippen LogP contribution in [-0.2, 0) is 20.9 Å². The Labute approximate surface area is 216 Å². The first-order valence-corrected chi connectivity index (χ1v) is 12.0. The number of ether oxygens (including phenoxy) is 1. The zero-order chi connectivity index (χ0) is 26.5. The second-order valence-corrected chi connectivity index (χ2v) is 8.97. The number of amides is 2. The van der Waals surface area contributed by atoms with Gasteiger partial charge in [-0.15, -0.1) is 0 Å². The number of benzene rings is 3. The summed E-state index contributed by atoms with van der Waals surface area (Å²) in [7, 11) is 3.93. The molecular formula is C29H30N4O4. The van der Waals surface area contributed by atoms with E-state index < -0.39 is 5.97 Å². The molecule has 3 aromatic rings. The number of nitrogens with zero attached hydrogens (tertiary/aromatic N) is 1. The highest BCUT2D eigenvalue weighted by molar-refractivity contribution is 6.37. The Bertz CT molecular complexity index is 1380. The predicted octanol–water partition coefficient (Wildman–Crippen LogP) is 4.82. The van der Waals surface area contributed by atoms with Gasteiger partial charge in [-0.25, -0.2) is 4.79 Å². The number of nitrogens with one attached hydrogen (secondary N) is 3. The van der Waals surface area contributed by atoms with Crippen molar-refractivity contribution in [1.29, 1.82) is 0 Å². The van der Waals surface area contributed by atoms with Gasteiger partial charge in [-0.05, 0) is 56.4 Å². The quantitative estimate of drug-likeness (QED) is 0.304. The van der Waals surface area contributed by atoms with E-state index in [0.29, 0.717) is 46.0 Å². The van der Waals surface area contributed by atoms with Crippen LogP contribution in [0.25, 0.3) is 11.3 Å². The molecule has 2 amide bonds.